The van der Waals surface area contributed by atoms with Gasteiger partial charge in [0.15, 0.2) is 6.61 Å². The summed E-state index contributed by atoms with van der Waals surface area (Å²) in [5.74, 6) is -0.432. The molecular weight excluding hydrogens is 363 g/mol. The van der Waals surface area contributed by atoms with Crippen LogP contribution in [0, 0.1) is 5.82 Å². The third-order valence-corrected chi connectivity index (χ3v) is 3.46. The van der Waals surface area contributed by atoms with Crippen LogP contribution >= 0.6 is 27.5 Å². The van der Waals surface area contributed by atoms with Gasteiger partial charge in [-0.15, -0.1) is 0 Å². The van der Waals surface area contributed by atoms with Crippen LogP contribution in [0.5, 0.6) is 5.75 Å². The molecule has 0 aliphatic heterocycles. The van der Waals surface area contributed by atoms with Crippen LogP contribution < -0.4 is 15.8 Å². The highest BCUT2D eigenvalue weighted by atomic mass is 79.9. The number of rotatable bonds is 4. The number of nitrogens with one attached hydrogen (secondary N) is 1. The molecule has 110 valence electrons. The van der Waals surface area contributed by atoms with E-state index < -0.39 is 11.7 Å². The van der Waals surface area contributed by atoms with Crippen molar-refractivity contribution < 1.29 is 13.9 Å². The van der Waals surface area contributed by atoms with Gasteiger partial charge in [0, 0.05) is 5.69 Å². The van der Waals surface area contributed by atoms with Crippen molar-refractivity contribution in [3.05, 3.63) is 51.7 Å². The number of nitrogen functional groups attached to an aromatic ring is 1. The zero-order valence-corrected chi connectivity index (χ0v) is 13.0. The number of halogens is 3. The fraction of sp³-hybridized carbons (Fsp3) is 0.0714. The highest BCUT2D eigenvalue weighted by Gasteiger charge is 2.08. The minimum atomic E-state index is -0.404. The molecule has 0 aromatic heterocycles. The lowest BCUT2D eigenvalue weighted by Gasteiger charge is -2.09. The lowest BCUT2D eigenvalue weighted by molar-refractivity contribution is -0.118. The number of ether oxygens (including phenoxy) is 1. The standard InChI is InChI=1S/C14H11BrClFN2O2/c15-10-6-9(2-4-12(10)17)21-7-14(20)19-13-5-8(18)1-3-11(13)16/h1-6H,7,18H2,(H,19,20). The fourth-order valence-electron chi connectivity index (χ4n) is 1.54. The second kappa shape index (κ2) is 6.78. The SMILES string of the molecule is Nc1ccc(Cl)c(NC(=O)COc2ccc(F)c(Br)c2)c1. The number of hydrogen-bond acceptors (Lipinski definition) is 3. The predicted molar refractivity (Wildman–Crippen MR) is 84.1 cm³/mol. The van der Waals surface area contributed by atoms with Gasteiger partial charge >= 0.3 is 0 Å². The van der Waals surface area contributed by atoms with Crippen molar-refractivity contribution >= 4 is 44.8 Å². The van der Waals surface area contributed by atoms with Crippen LogP contribution in [0.1, 0.15) is 0 Å². The van der Waals surface area contributed by atoms with Crippen LogP contribution in [0.15, 0.2) is 40.9 Å². The van der Waals surface area contributed by atoms with Gasteiger partial charge in [-0.05, 0) is 52.3 Å². The van der Waals surface area contributed by atoms with E-state index in [0.717, 1.165) is 0 Å². The fourth-order valence-corrected chi connectivity index (χ4v) is 2.06. The third kappa shape index (κ3) is 4.34. The van der Waals surface area contributed by atoms with Crippen molar-refractivity contribution in [3.8, 4) is 5.75 Å². The van der Waals surface area contributed by atoms with Gasteiger partial charge in [0.25, 0.3) is 5.91 Å². The first-order valence-corrected chi connectivity index (χ1v) is 7.05. The lowest BCUT2D eigenvalue weighted by atomic mass is 10.3. The molecule has 2 rings (SSSR count). The van der Waals surface area contributed by atoms with Crippen LogP contribution in [0.2, 0.25) is 5.02 Å². The van der Waals surface area contributed by atoms with E-state index in [2.05, 4.69) is 21.2 Å². The topological polar surface area (TPSA) is 64.3 Å². The highest BCUT2D eigenvalue weighted by molar-refractivity contribution is 9.10. The molecule has 1 amide bonds. The van der Waals surface area contributed by atoms with Crippen molar-refractivity contribution in [1.29, 1.82) is 0 Å². The summed E-state index contributed by atoms with van der Waals surface area (Å²) in [7, 11) is 0. The molecule has 2 aromatic rings. The smallest absolute Gasteiger partial charge is 0.262 e. The van der Waals surface area contributed by atoms with E-state index in [-0.39, 0.29) is 11.1 Å². The minimum absolute atomic E-state index is 0.233. The van der Waals surface area contributed by atoms with Gasteiger partial charge in [-0.25, -0.2) is 4.39 Å². The lowest BCUT2D eigenvalue weighted by Crippen LogP contribution is -2.20. The van der Waals surface area contributed by atoms with E-state index in [4.69, 9.17) is 22.1 Å². The van der Waals surface area contributed by atoms with Crippen LogP contribution in [0.25, 0.3) is 0 Å². The Morgan fingerprint density at radius 3 is 2.81 bits per heavy atom. The zero-order chi connectivity index (χ0) is 15.4. The Morgan fingerprint density at radius 2 is 2.10 bits per heavy atom. The average molecular weight is 374 g/mol. The van der Waals surface area contributed by atoms with E-state index in [9.17, 15) is 9.18 Å². The first-order valence-electron chi connectivity index (χ1n) is 5.88. The summed E-state index contributed by atoms with van der Waals surface area (Å²) >= 11 is 8.97. The minimum Gasteiger partial charge on any atom is -0.484 e. The first-order chi connectivity index (χ1) is 9.95. The van der Waals surface area contributed by atoms with Crippen LogP contribution in [-0.2, 0) is 4.79 Å². The van der Waals surface area contributed by atoms with Gasteiger partial charge in [0.1, 0.15) is 11.6 Å². The molecular formula is C14H11BrClFN2O2. The molecule has 4 nitrogen and oxygen atoms in total. The van der Waals surface area contributed by atoms with E-state index in [0.29, 0.717) is 22.1 Å². The molecule has 0 radical (unpaired) electrons. The maximum atomic E-state index is 13.1. The van der Waals surface area contributed by atoms with Crippen molar-refractivity contribution in [2.75, 3.05) is 17.7 Å². The van der Waals surface area contributed by atoms with Gasteiger partial charge in [0.2, 0.25) is 0 Å². The molecule has 0 heterocycles. The Bertz CT molecular complexity index is 682. The molecule has 0 saturated carbocycles. The van der Waals surface area contributed by atoms with E-state index in [1.165, 1.54) is 18.2 Å². The molecule has 0 spiro atoms. The summed E-state index contributed by atoms with van der Waals surface area (Å²) in [5.41, 5.74) is 6.51. The van der Waals surface area contributed by atoms with E-state index in [1.54, 1.807) is 18.2 Å². The van der Waals surface area contributed by atoms with Crippen LogP contribution in [-0.4, -0.2) is 12.5 Å². The second-order valence-corrected chi connectivity index (χ2v) is 5.41. The summed E-state index contributed by atoms with van der Waals surface area (Å²) in [4.78, 5) is 11.8. The van der Waals surface area contributed by atoms with Crippen LogP contribution in [0.3, 0.4) is 0 Å². The molecule has 0 unspecified atom stereocenters. The molecule has 0 fully saturated rings. The van der Waals surface area contributed by atoms with Crippen molar-refractivity contribution in [2.24, 2.45) is 0 Å². The van der Waals surface area contributed by atoms with Crippen molar-refractivity contribution in [2.45, 2.75) is 0 Å². The van der Waals surface area contributed by atoms with Gasteiger partial charge in [-0.2, -0.15) is 0 Å². The van der Waals surface area contributed by atoms with Gasteiger partial charge in [0.05, 0.1) is 15.2 Å². The van der Waals surface area contributed by atoms with E-state index >= 15 is 0 Å². The summed E-state index contributed by atoms with van der Waals surface area (Å²) in [6, 6.07) is 8.88. The number of anilines is 2. The number of benzene rings is 2. The number of nitrogens with two attached hydrogens (primary N) is 1. The summed E-state index contributed by atoms with van der Waals surface area (Å²) in [6.45, 7) is -0.233. The van der Waals surface area contributed by atoms with Gasteiger partial charge in [-0.3, -0.25) is 4.79 Å². The van der Waals surface area contributed by atoms with Crippen molar-refractivity contribution in [1.82, 2.24) is 0 Å². The zero-order valence-electron chi connectivity index (χ0n) is 10.7. The molecule has 0 atom stereocenters. The average Bonchev–Trinajstić information content (AvgIpc) is 2.44. The molecule has 0 saturated heterocycles. The van der Waals surface area contributed by atoms with Crippen molar-refractivity contribution in [3.63, 3.8) is 0 Å². The number of amides is 1. The quantitative estimate of drug-likeness (QED) is 0.800. The molecule has 0 aliphatic carbocycles. The second-order valence-electron chi connectivity index (χ2n) is 4.15. The van der Waals surface area contributed by atoms with Crippen LogP contribution in [0.4, 0.5) is 15.8 Å². The summed E-state index contributed by atoms with van der Waals surface area (Å²) in [6.07, 6.45) is 0. The normalized spacial score (nSPS) is 10.2. The maximum Gasteiger partial charge on any atom is 0.262 e. The number of carbonyl (C=O) groups is 1. The monoisotopic (exact) mass is 372 g/mol. The number of carbonyl (C=O) groups excluding carboxylic acids is 1. The number of hydrogen-bond donors (Lipinski definition) is 2. The molecule has 0 aliphatic rings. The molecule has 2 aromatic carbocycles. The molecule has 0 bridgehead atoms. The maximum absolute atomic E-state index is 13.1. The Balaban J connectivity index is 1.95. The molecule has 3 N–H and O–H groups in total. The Labute approximate surface area is 134 Å². The Kier molecular flexibility index (Phi) is 5.03. The molecule has 21 heavy (non-hydrogen) atoms. The molecule has 7 heteroatoms. The first kappa shape index (κ1) is 15.6. The van der Waals surface area contributed by atoms with E-state index in [1.807, 2.05) is 0 Å². The predicted octanol–water partition coefficient (Wildman–Crippen LogP) is 3.84. The summed E-state index contributed by atoms with van der Waals surface area (Å²) in [5, 5.41) is 2.96. The third-order valence-electron chi connectivity index (χ3n) is 2.53. The Hall–Kier alpha value is -1.79. The highest BCUT2D eigenvalue weighted by Crippen LogP contribution is 2.24. The largest absolute Gasteiger partial charge is 0.484 e. The Morgan fingerprint density at radius 1 is 1.33 bits per heavy atom. The van der Waals surface area contributed by atoms with Gasteiger partial charge < -0.3 is 15.8 Å². The van der Waals surface area contributed by atoms with Gasteiger partial charge in [-0.1, -0.05) is 11.6 Å². The summed E-state index contributed by atoms with van der Waals surface area (Å²) < 4.78 is 18.6.